The molecule has 1 aromatic carbocycles. The van der Waals surface area contributed by atoms with Crippen LogP contribution in [0, 0.1) is 0 Å². The Bertz CT molecular complexity index is 310. The molecule has 0 saturated carbocycles. The molecule has 0 spiro atoms. The van der Waals surface area contributed by atoms with Crippen LogP contribution in [-0.4, -0.2) is 31.1 Å². The molecule has 1 rings (SSSR count). The lowest BCUT2D eigenvalue weighted by atomic mass is 10.1. The minimum Gasteiger partial charge on any atom is -0.329 e. The van der Waals surface area contributed by atoms with Crippen molar-refractivity contribution in [3.8, 4) is 0 Å². The van der Waals surface area contributed by atoms with Crippen LogP contribution in [0.1, 0.15) is 44.6 Å². The van der Waals surface area contributed by atoms with E-state index in [0.29, 0.717) is 6.04 Å². The van der Waals surface area contributed by atoms with Gasteiger partial charge in [-0.25, -0.2) is 0 Å². The Labute approximate surface area is 119 Å². The number of rotatable bonds is 10. The summed E-state index contributed by atoms with van der Waals surface area (Å²) in [5.41, 5.74) is 7.33. The summed E-state index contributed by atoms with van der Waals surface area (Å²) >= 11 is 0. The smallest absolute Gasteiger partial charge is 0.0215 e. The summed E-state index contributed by atoms with van der Waals surface area (Å²) in [6, 6.07) is 11.2. The van der Waals surface area contributed by atoms with Gasteiger partial charge in [-0.1, -0.05) is 62.9 Å². The van der Waals surface area contributed by atoms with Crippen molar-refractivity contribution in [1.82, 2.24) is 4.90 Å². The van der Waals surface area contributed by atoms with Gasteiger partial charge in [0.25, 0.3) is 0 Å². The molecule has 0 radical (unpaired) electrons. The lowest BCUT2D eigenvalue weighted by Crippen LogP contribution is -2.39. The molecule has 19 heavy (non-hydrogen) atoms. The summed E-state index contributed by atoms with van der Waals surface area (Å²) in [4.78, 5) is 2.43. The van der Waals surface area contributed by atoms with Crippen molar-refractivity contribution in [3.05, 3.63) is 35.9 Å². The maximum absolute atomic E-state index is 5.92. The molecule has 2 heteroatoms. The first-order valence-corrected chi connectivity index (χ1v) is 7.72. The molecule has 0 saturated heterocycles. The molecule has 2 N–H and O–H groups in total. The van der Waals surface area contributed by atoms with Crippen LogP contribution in [0.25, 0.3) is 0 Å². The maximum atomic E-state index is 5.92. The van der Waals surface area contributed by atoms with E-state index in [0.717, 1.165) is 19.5 Å². The lowest BCUT2D eigenvalue weighted by Gasteiger charge is -2.27. The number of unbranched alkanes of at least 4 members (excludes halogenated alkanes) is 3. The zero-order valence-electron chi connectivity index (χ0n) is 12.6. The van der Waals surface area contributed by atoms with E-state index in [1.54, 1.807) is 0 Å². The second-order valence-corrected chi connectivity index (χ2v) is 5.46. The first kappa shape index (κ1) is 16.2. The van der Waals surface area contributed by atoms with Crippen molar-refractivity contribution >= 4 is 0 Å². The van der Waals surface area contributed by atoms with Crippen LogP contribution in [0.3, 0.4) is 0 Å². The predicted molar refractivity (Wildman–Crippen MR) is 84.4 cm³/mol. The zero-order valence-corrected chi connectivity index (χ0v) is 12.6. The van der Waals surface area contributed by atoms with Gasteiger partial charge in [0.2, 0.25) is 0 Å². The maximum Gasteiger partial charge on any atom is 0.0215 e. The average Bonchev–Trinajstić information content (AvgIpc) is 2.46. The molecule has 0 aliphatic carbocycles. The molecule has 1 atom stereocenters. The third-order valence-corrected chi connectivity index (χ3v) is 3.88. The number of hydrogen-bond donors (Lipinski definition) is 1. The van der Waals surface area contributed by atoms with Crippen LogP contribution in [-0.2, 0) is 6.42 Å². The second-order valence-electron chi connectivity index (χ2n) is 5.46. The Morgan fingerprint density at radius 2 is 1.84 bits per heavy atom. The fourth-order valence-corrected chi connectivity index (χ4v) is 2.46. The van der Waals surface area contributed by atoms with Crippen molar-refractivity contribution in [1.29, 1.82) is 0 Å². The molecule has 108 valence electrons. The number of hydrogen-bond acceptors (Lipinski definition) is 2. The quantitative estimate of drug-likeness (QED) is 0.654. The molecule has 0 amide bonds. The van der Waals surface area contributed by atoms with Gasteiger partial charge in [-0.2, -0.15) is 0 Å². The lowest BCUT2D eigenvalue weighted by molar-refractivity contribution is 0.233. The monoisotopic (exact) mass is 262 g/mol. The van der Waals surface area contributed by atoms with Crippen LogP contribution in [0.15, 0.2) is 30.3 Å². The highest BCUT2D eigenvalue weighted by atomic mass is 15.1. The highest BCUT2D eigenvalue weighted by molar-refractivity contribution is 5.14. The van der Waals surface area contributed by atoms with Crippen LogP contribution in [0.5, 0.6) is 0 Å². The predicted octanol–water partition coefficient (Wildman–Crippen LogP) is 3.46. The fourth-order valence-electron chi connectivity index (χ4n) is 2.46. The van der Waals surface area contributed by atoms with E-state index in [2.05, 4.69) is 49.2 Å². The van der Waals surface area contributed by atoms with E-state index in [1.807, 2.05) is 0 Å². The number of benzene rings is 1. The Balaban J connectivity index is 2.26. The van der Waals surface area contributed by atoms with Gasteiger partial charge in [-0.15, -0.1) is 0 Å². The standard InChI is InChI=1S/C17H30N2/c1-3-4-5-9-12-17(15-18)19(2)14-13-16-10-7-6-8-11-16/h6-8,10-11,17H,3-5,9,12-15,18H2,1-2H3. The van der Waals surface area contributed by atoms with Crippen LogP contribution in [0.4, 0.5) is 0 Å². The molecular formula is C17H30N2. The minimum absolute atomic E-state index is 0.542. The van der Waals surface area contributed by atoms with Gasteiger partial charge < -0.3 is 10.6 Å². The van der Waals surface area contributed by atoms with Crippen molar-refractivity contribution < 1.29 is 0 Å². The molecule has 0 aromatic heterocycles. The molecule has 0 aliphatic rings. The Hall–Kier alpha value is -0.860. The van der Waals surface area contributed by atoms with Crippen LogP contribution >= 0.6 is 0 Å². The van der Waals surface area contributed by atoms with Gasteiger partial charge in [-0.05, 0) is 25.5 Å². The van der Waals surface area contributed by atoms with E-state index in [-0.39, 0.29) is 0 Å². The zero-order chi connectivity index (χ0) is 13.9. The van der Waals surface area contributed by atoms with Crippen LogP contribution < -0.4 is 5.73 Å². The van der Waals surface area contributed by atoms with Gasteiger partial charge in [-0.3, -0.25) is 0 Å². The van der Waals surface area contributed by atoms with Gasteiger partial charge in [0, 0.05) is 19.1 Å². The fraction of sp³-hybridized carbons (Fsp3) is 0.647. The molecule has 0 fully saturated rings. The molecule has 0 bridgehead atoms. The molecule has 1 unspecified atom stereocenters. The third-order valence-electron chi connectivity index (χ3n) is 3.88. The molecule has 0 aliphatic heterocycles. The first-order valence-electron chi connectivity index (χ1n) is 7.72. The van der Waals surface area contributed by atoms with E-state index >= 15 is 0 Å². The van der Waals surface area contributed by atoms with Crippen molar-refractivity contribution in [2.24, 2.45) is 5.73 Å². The largest absolute Gasteiger partial charge is 0.329 e. The minimum atomic E-state index is 0.542. The molecule has 1 aromatic rings. The number of likely N-dealkylation sites (N-methyl/N-ethyl adjacent to an activating group) is 1. The first-order chi connectivity index (χ1) is 9.27. The molecule has 2 nitrogen and oxygen atoms in total. The van der Waals surface area contributed by atoms with E-state index in [1.165, 1.54) is 37.7 Å². The summed E-state index contributed by atoms with van der Waals surface area (Å²) in [7, 11) is 2.21. The van der Waals surface area contributed by atoms with Crippen molar-refractivity contribution in [2.75, 3.05) is 20.1 Å². The van der Waals surface area contributed by atoms with Crippen molar-refractivity contribution in [2.45, 2.75) is 51.5 Å². The van der Waals surface area contributed by atoms with Crippen LogP contribution in [0.2, 0.25) is 0 Å². The second kappa shape index (κ2) is 9.99. The van der Waals surface area contributed by atoms with Gasteiger partial charge in [0.05, 0.1) is 0 Å². The summed E-state index contributed by atoms with van der Waals surface area (Å²) in [6.07, 6.45) is 7.66. The Kier molecular flexibility index (Phi) is 8.52. The highest BCUT2D eigenvalue weighted by Gasteiger charge is 2.12. The molecule has 0 heterocycles. The normalized spacial score (nSPS) is 12.8. The third kappa shape index (κ3) is 6.74. The van der Waals surface area contributed by atoms with Gasteiger partial charge in [0.15, 0.2) is 0 Å². The Morgan fingerprint density at radius 3 is 2.47 bits per heavy atom. The van der Waals surface area contributed by atoms with E-state index in [9.17, 15) is 0 Å². The number of nitrogens with two attached hydrogens (primary N) is 1. The highest BCUT2D eigenvalue weighted by Crippen LogP contribution is 2.10. The summed E-state index contributed by atoms with van der Waals surface area (Å²) < 4.78 is 0. The summed E-state index contributed by atoms with van der Waals surface area (Å²) in [5.74, 6) is 0. The Morgan fingerprint density at radius 1 is 1.11 bits per heavy atom. The average molecular weight is 262 g/mol. The van der Waals surface area contributed by atoms with Gasteiger partial charge in [0.1, 0.15) is 0 Å². The van der Waals surface area contributed by atoms with E-state index in [4.69, 9.17) is 5.73 Å². The summed E-state index contributed by atoms with van der Waals surface area (Å²) in [6.45, 7) is 4.13. The van der Waals surface area contributed by atoms with Crippen molar-refractivity contribution in [3.63, 3.8) is 0 Å². The summed E-state index contributed by atoms with van der Waals surface area (Å²) in [5, 5.41) is 0. The number of nitrogens with zero attached hydrogens (tertiary/aromatic N) is 1. The molecular weight excluding hydrogens is 232 g/mol. The van der Waals surface area contributed by atoms with E-state index < -0.39 is 0 Å². The van der Waals surface area contributed by atoms with Gasteiger partial charge >= 0.3 is 0 Å². The topological polar surface area (TPSA) is 29.3 Å². The SMILES string of the molecule is CCCCCCC(CN)N(C)CCc1ccccc1.